The smallest absolute Gasteiger partial charge is 0.142 e. The summed E-state index contributed by atoms with van der Waals surface area (Å²) in [5.41, 5.74) is 7.74. The molecule has 0 aliphatic rings. The first-order valence-electron chi connectivity index (χ1n) is 13.7. The summed E-state index contributed by atoms with van der Waals surface area (Å²) in [6.45, 7) is 0. The molecule has 0 N–H and O–H groups in total. The lowest BCUT2D eigenvalue weighted by atomic mass is 10.1. The van der Waals surface area contributed by atoms with Gasteiger partial charge in [0, 0.05) is 11.4 Å². The summed E-state index contributed by atoms with van der Waals surface area (Å²) in [6.07, 6.45) is 16.7. The molecule has 0 bridgehead atoms. The van der Waals surface area contributed by atoms with Crippen molar-refractivity contribution in [3.05, 3.63) is 180 Å². The molecule has 5 rings (SSSR count). The van der Waals surface area contributed by atoms with Gasteiger partial charge in [0.2, 0.25) is 0 Å². The Morgan fingerprint density at radius 2 is 0.780 bits per heavy atom. The minimum Gasteiger partial charge on any atom is -0.495 e. The van der Waals surface area contributed by atoms with Crippen LogP contribution >= 0.6 is 0 Å². The average molecular weight is 532 g/mol. The molecular formula is C39H33NO. The molecule has 0 atom stereocenters. The zero-order valence-corrected chi connectivity index (χ0v) is 23.2. The van der Waals surface area contributed by atoms with E-state index in [4.69, 9.17) is 4.74 Å². The van der Waals surface area contributed by atoms with Crippen molar-refractivity contribution in [3.63, 3.8) is 0 Å². The van der Waals surface area contributed by atoms with E-state index in [0.29, 0.717) is 0 Å². The molecule has 0 saturated carbocycles. The number of nitrogens with zero attached hydrogens (tertiary/aromatic N) is 1. The second-order valence-electron chi connectivity index (χ2n) is 9.45. The maximum atomic E-state index is 5.74. The van der Waals surface area contributed by atoms with Crippen LogP contribution < -0.4 is 9.64 Å². The van der Waals surface area contributed by atoms with Crippen molar-refractivity contribution in [2.24, 2.45) is 0 Å². The number of hydrogen-bond donors (Lipinski definition) is 0. The topological polar surface area (TPSA) is 12.5 Å². The van der Waals surface area contributed by atoms with E-state index in [1.807, 2.05) is 54.6 Å². The third kappa shape index (κ3) is 7.62. The first kappa shape index (κ1) is 27.2. The fourth-order valence-corrected chi connectivity index (χ4v) is 4.51. The molecule has 0 radical (unpaired) electrons. The molecular weight excluding hydrogens is 498 g/mol. The Labute approximate surface area is 243 Å². The van der Waals surface area contributed by atoms with Crippen molar-refractivity contribution in [1.29, 1.82) is 0 Å². The zero-order valence-electron chi connectivity index (χ0n) is 23.2. The number of para-hydroxylation sites is 2. The van der Waals surface area contributed by atoms with Crippen molar-refractivity contribution in [2.75, 3.05) is 12.0 Å². The van der Waals surface area contributed by atoms with Crippen molar-refractivity contribution >= 4 is 41.4 Å². The lowest BCUT2D eigenvalue weighted by Crippen LogP contribution is -2.11. The summed E-state index contributed by atoms with van der Waals surface area (Å²) in [4.78, 5) is 2.23. The number of hydrogen-bond acceptors (Lipinski definition) is 2. The summed E-state index contributed by atoms with van der Waals surface area (Å²) >= 11 is 0. The van der Waals surface area contributed by atoms with Crippen LogP contribution in [-0.2, 0) is 0 Å². The van der Waals surface area contributed by atoms with Gasteiger partial charge in [-0.25, -0.2) is 0 Å². The molecule has 5 aromatic rings. The highest BCUT2D eigenvalue weighted by Crippen LogP contribution is 2.40. The summed E-state index contributed by atoms with van der Waals surface area (Å²) in [7, 11) is 1.71. The number of anilines is 3. The Morgan fingerprint density at radius 1 is 0.415 bits per heavy atom. The molecule has 2 nitrogen and oxygen atoms in total. The number of benzene rings is 5. The minimum absolute atomic E-state index is 0.817. The molecule has 0 heterocycles. The van der Waals surface area contributed by atoms with Crippen LogP contribution in [0.5, 0.6) is 5.75 Å². The molecule has 0 aliphatic heterocycles. The van der Waals surface area contributed by atoms with Crippen LogP contribution in [-0.4, -0.2) is 7.11 Å². The Hall–Kier alpha value is -5.34. The van der Waals surface area contributed by atoms with E-state index in [2.05, 4.69) is 132 Å². The Bertz CT molecular complexity index is 1530. The average Bonchev–Trinajstić information content (AvgIpc) is 3.04. The van der Waals surface area contributed by atoms with E-state index in [0.717, 1.165) is 33.9 Å². The highest BCUT2D eigenvalue weighted by molar-refractivity contribution is 5.81. The van der Waals surface area contributed by atoms with Crippen LogP contribution in [0.4, 0.5) is 17.1 Å². The second-order valence-corrected chi connectivity index (χ2v) is 9.45. The molecule has 2 heteroatoms. The molecule has 200 valence electrons. The quantitative estimate of drug-likeness (QED) is 0.166. The van der Waals surface area contributed by atoms with Gasteiger partial charge >= 0.3 is 0 Å². The Balaban J connectivity index is 1.36. The van der Waals surface area contributed by atoms with Gasteiger partial charge in [-0.3, -0.25) is 0 Å². The van der Waals surface area contributed by atoms with Gasteiger partial charge in [0.1, 0.15) is 5.75 Å². The first-order valence-corrected chi connectivity index (χ1v) is 13.7. The van der Waals surface area contributed by atoms with E-state index in [1.165, 1.54) is 11.1 Å². The van der Waals surface area contributed by atoms with E-state index in [-0.39, 0.29) is 0 Å². The number of methoxy groups -OCH3 is 1. The number of allylic oxidation sites excluding steroid dienone is 4. The van der Waals surface area contributed by atoms with Gasteiger partial charge < -0.3 is 9.64 Å². The lowest BCUT2D eigenvalue weighted by molar-refractivity contribution is 0.416. The monoisotopic (exact) mass is 531 g/mol. The zero-order chi connectivity index (χ0) is 28.1. The van der Waals surface area contributed by atoms with Crippen LogP contribution in [0.2, 0.25) is 0 Å². The minimum atomic E-state index is 0.817. The Morgan fingerprint density at radius 3 is 1.20 bits per heavy atom. The molecule has 0 saturated heterocycles. The van der Waals surface area contributed by atoms with E-state index < -0.39 is 0 Å². The van der Waals surface area contributed by atoms with Crippen molar-refractivity contribution < 1.29 is 4.74 Å². The molecule has 0 aliphatic carbocycles. The molecule has 0 aromatic heterocycles. The summed E-state index contributed by atoms with van der Waals surface area (Å²) in [6, 6.07) is 45.9. The molecule has 0 spiro atoms. The van der Waals surface area contributed by atoms with Gasteiger partial charge in [-0.15, -0.1) is 0 Å². The molecule has 5 aromatic carbocycles. The number of rotatable bonds is 10. The van der Waals surface area contributed by atoms with Gasteiger partial charge in [0.05, 0.1) is 12.8 Å². The normalized spacial score (nSPS) is 11.6. The van der Waals surface area contributed by atoms with Crippen LogP contribution in [0, 0.1) is 0 Å². The maximum absolute atomic E-state index is 5.74. The summed E-state index contributed by atoms with van der Waals surface area (Å²) in [5.74, 6) is 0.817. The van der Waals surface area contributed by atoms with Crippen molar-refractivity contribution in [2.45, 2.75) is 0 Å². The summed E-state index contributed by atoms with van der Waals surface area (Å²) in [5, 5.41) is 0. The third-order valence-corrected chi connectivity index (χ3v) is 6.60. The van der Waals surface area contributed by atoms with Gasteiger partial charge in [-0.05, 0) is 58.7 Å². The van der Waals surface area contributed by atoms with Gasteiger partial charge in [-0.2, -0.15) is 0 Å². The van der Waals surface area contributed by atoms with Crippen molar-refractivity contribution in [3.8, 4) is 5.75 Å². The predicted octanol–water partition coefficient (Wildman–Crippen LogP) is 10.6. The van der Waals surface area contributed by atoms with Gasteiger partial charge in [0.25, 0.3) is 0 Å². The van der Waals surface area contributed by atoms with Crippen LogP contribution in [0.15, 0.2) is 158 Å². The number of ether oxygens (including phenoxy) is 1. The second kappa shape index (κ2) is 14.2. The largest absolute Gasteiger partial charge is 0.495 e. The van der Waals surface area contributed by atoms with Crippen LogP contribution in [0.1, 0.15) is 22.3 Å². The molecule has 41 heavy (non-hydrogen) atoms. The summed E-state index contributed by atoms with van der Waals surface area (Å²) < 4.78 is 5.74. The highest BCUT2D eigenvalue weighted by atomic mass is 16.5. The lowest BCUT2D eigenvalue weighted by Gasteiger charge is -2.27. The SMILES string of the molecule is COc1ccccc1N(c1ccc(C=CC=Cc2ccccc2)cc1)c1ccc(C=CC=Cc2ccccc2)cc1. The molecule has 0 fully saturated rings. The fourth-order valence-electron chi connectivity index (χ4n) is 4.51. The van der Waals surface area contributed by atoms with E-state index >= 15 is 0 Å². The van der Waals surface area contributed by atoms with Gasteiger partial charge in [0.15, 0.2) is 0 Å². The standard InChI is InChI=1S/C39H33NO/c1-41-39-23-13-12-22-38(39)40(36-28-24-34(25-29-36)20-10-8-18-32-14-4-2-5-15-32)37-30-26-35(27-31-37)21-11-9-19-33-16-6-3-7-17-33/h2-31H,1H3. The van der Waals surface area contributed by atoms with E-state index in [9.17, 15) is 0 Å². The predicted molar refractivity (Wildman–Crippen MR) is 177 cm³/mol. The molecule has 0 unspecified atom stereocenters. The van der Waals surface area contributed by atoms with Crippen LogP contribution in [0.25, 0.3) is 24.3 Å². The van der Waals surface area contributed by atoms with Gasteiger partial charge in [-0.1, -0.05) is 146 Å². The maximum Gasteiger partial charge on any atom is 0.142 e. The first-order chi connectivity index (χ1) is 20.3. The van der Waals surface area contributed by atoms with E-state index in [1.54, 1.807) is 7.11 Å². The highest BCUT2D eigenvalue weighted by Gasteiger charge is 2.16. The molecule has 0 amide bonds. The Kier molecular flexibility index (Phi) is 9.41. The van der Waals surface area contributed by atoms with Crippen LogP contribution in [0.3, 0.4) is 0 Å². The fraction of sp³-hybridized carbons (Fsp3) is 0.0256. The third-order valence-electron chi connectivity index (χ3n) is 6.60. The van der Waals surface area contributed by atoms with Crippen molar-refractivity contribution in [1.82, 2.24) is 0 Å².